The molecule has 0 spiro atoms. The smallest absolute Gasteiger partial charge is 0.212 e. The third-order valence-electron chi connectivity index (χ3n) is 5.02. The molecule has 0 saturated heterocycles. The molecule has 2 rings (SSSR count). The summed E-state index contributed by atoms with van der Waals surface area (Å²) in [5.74, 6) is 0.652. The number of benzene rings is 1. The van der Waals surface area contributed by atoms with Crippen LogP contribution in [0.15, 0.2) is 42.6 Å². The molecule has 2 aromatic rings. The van der Waals surface area contributed by atoms with E-state index in [1.807, 2.05) is 24.4 Å². The highest BCUT2D eigenvalue weighted by atomic mass is 16.5. The van der Waals surface area contributed by atoms with Gasteiger partial charge >= 0.3 is 0 Å². The van der Waals surface area contributed by atoms with Crippen molar-refractivity contribution >= 4 is 0 Å². The van der Waals surface area contributed by atoms with E-state index in [0.29, 0.717) is 5.88 Å². The van der Waals surface area contributed by atoms with Crippen LogP contribution in [0, 0.1) is 0 Å². The van der Waals surface area contributed by atoms with Gasteiger partial charge in [0.1, 0.15) is 0 Å². The van der Waals surface area contributed by atoms with E-state index in [1.165, 1.54) is 11.1 Å². The van der Waals surface area contributed by atoms with Gasteiger partial charge in [0.25, 0.3) is 0 Å². The lowest BCUT2D eigenvalue weighted by atomic mass is 9.73. The van der Waals surface area contributed by atoms with Crippen LogP contribution in [0.3, 0.4) is 0 Å². The Hall–Kier alpha value is -1.87. The summed E-state index contributed by atoms with van der Waals surface area (Å²) in [5, 5.41) is 9.19. The van der Waals surface area contributed by atoms with Gasteiger partial charge in [-0.3, -0.25) is 0 Å². The van der Waals surface area contributed by atoms with E-state index in [1.54, 1.807) is 7.11 Å². The average molecular weight is 327 g/mol. The number of hydrogen-bond donors (Lipinski definition) is 1. The van der Waals surface area contributed by atoms with Crippen molar-refractivity contribution in [2.75, 3.05) is 7.11 Å². The molecule has 0 fully saturated rings. The first-order valence-electron chi connectivity index (χ1n) is 8.49. The Bertz CT molecular complexity index is 583. The molecule has 1 aromatic carbocycles. The molecule has 0 amide bonds. The topological polar surface area (TPSA) is 42.4 Å². The first-order chi connectivity index (χ1) is 11.3. The highest BCUT2D eigenvalue weighted by Gasteiger charge is 2.27. The fraction of sp³-hybridized carbons (Fsp3) is 0.476. The first kappa shape index (κ1) is 18.5. The van der Waals surface area contributed by atoms with Crippen molar-refractivity contribution in [1.29, 1.82) is 0 Å². The summed E-state index contributed by atoms with van der Waals surface area (Å²) in [5.41, 5.74) is 3.64. The second kappa shape index (κ2) is 7.35. The van der Waals surface area contributed by atoms with Crippen LogP contribution in [0.4, 0.5) is 0 Å². The maximum Gasteiger partial charge on any atom is 0.212 e. The summed E-state index contributed by atoms with van der Waals surface area (Å²) < 4.78 is 5.14. The van der Waals surface area contributed by atoms with Crippen molar-refractivity contribution in [1.82, 2.24) is 4.98 Å². The van der Waals surface area contributed by atoms with Crippen molar-refractivity contribution in [2.45, 2.75) is 58.0 Å². The molecular weight excluding hydrogens is 298 g/mol. The zero-order chi connectivity index (χ0) is 17.8. The van der Waals surface area contributed by atoms with Crippen molar-refractivity contribution in [3.63, 3.8) is 0 Å². The number of aliphatic hydroxyl groups excluding tert-OH is 1. The minimum Gasteiger partial charge on any atom is -0.481 e. The number of methoxy groups -OCH3 is 1. The molecule has 3 nitrogen and oxygen atoms in total. The molecule has 24 heavy (non-hydrogen) atoms. The van der Waals surface area contributed by atoms with Gasteiger partial charge in [-0.1, -0.05) is 58.0 Å². The van der Waals surface area contributed by atoms with E-state index >= 15 is 0 Å². The summed E-state index contributed by atoms with van der Waals surface area (Å²) in [6.45, 7) is 9.19. The summed E-state index contributed by atoms with van der Waals surface area (Å²) in [6.07, 6.45) is 4.06. The van der Waals surface area contributed by atoms with Crippen molar-refractivity contribution in [2.24, 2.45) is 0 Å². The Labute approximate surface area is 145 Å². The Morgan fingerprint density at radius 3 is 1.88 bits per heavy atom. The minimum atomic E-state index is 0.0571. The largest absolute Gasteiger partial charge is 0.481 e. The number of pyridine rings is 1. The molecular formula is C21H29NO2. The van der Waals surface area contributed by atoms with Gasteiger partial charge < -0.3 is 9.84 Å². The van der Waals surface area contributed by atoms with Crippen LogP contribution in [0.2, 0.25) is 0 Å². The van der Waals surface area contributed by atoms with Crippen LogP contribution in [-0.2, 0) is 17.4 Å². The summed E-state index contributed by atoms with van der Waals surface area (Å²) >= 11 is 0. The lowest BCUT2D eigenvalue weighted by Gasteiger charge is -2.32. The van der Waals surface area contributed by atoms with E-state index in [9.17, 15) is 5.11 Å². The Balaban J connectivity index is 2.08. The molecule has 1 aromatic heterocycles. The molecule has 0 unspecified atom stereocenters. The Morgan fingerprint density at radius 1 is 0.875 bits per heavy atom. The van der Waals surface area contributed by atoms with E-state index in [4.69, 9.17) is 4.74 Å². The summed E-state index contributed by atoms with van der Waals surface area (Å²) in [7, 11) is 1.64. The predicted molar refractivity (Wildman–Crippen MR) is 98.4 cm³/mol. The van der Waals surface area contributed by atoms with Crippen LogP contribution in [-0.4, -0.2) is 17.2 Å². The van der Waals surface area contributed by atoms with Crippen LogP contribution in [0.5, 0.6) is 5.88 Å². The molecule has 0 atom stereocenters. The fourth-order valence-corrected chi connectivity index (χ4v) is 2.88. The van der Waals surface area contributed by atoms with Gasteiger partial charge in [0.05, 0.1) is 13.7 Å². The van der Waals surface area contributed by atoms with E-state index in [0.717, 1.165) is 18.4 Å². The molecule has 0 aliphatic carbocycles. The van der Waals surface area contributed by atoms with Crippen LogP contribution in [0.25, 0.3) is 0 Å². The van der Waals surface area contributed by atoms with Crippen LogP contribution >= 0.6 is 0 Å². The maximum atomic E-state index is 9.19. The van der Waals surface area contributed by atoms with Gasteiger partial charge in [-0.2, -0.15) is 0 Å². The second-order valence-corrected chi connectivity index (χ2v) is 7.71. The van der Waals surface area contributed by atoms with Crippen LogP contribution < -0.4 is 4.74 Å². The zero-order valence-electron chi connectivity index (χ0n) is 15.5. The molecule has 0 aliphatic rings. The molecule has 130 valence electrons. The molecule has 3 heteroatoms. The van der Waals surface area contributed by atoms with Gasteiger partial charge in [-0.15, -0.1) is 0 Å². The molecule has 0 bridgehead atoms. The normalized spacial score (nSPS) is 12.2. The van der Waals surface area contributed by atoms with Crippen molar-refractivity contribution in [3.8, 4) is 5.88 Å². The highest BCUT2D eigenvalue weighted by Crippen LogP contribution is 2.36. The summed E-state index contributed by atoms with van der Waals surface area (Å²) in [6, 6.07) is 12.3. The minimum absolute atomic E-state index is 0.0571. The number of nitrogens with zero attached hydrogens (tertiary/aromatic N) is 1. The number of hydrogen-bond acceptors (Lipinski definition) is 3. The van der Waals surface area contributed by atoms with Gasteiger partial charge in [0, 0.05) is 12.3 Å². The molecule has 1 heterocycles. The zero-order valence-corrected chi connectivity index (χ0v) is 15.5. The lowest BCUT2D eigenvalue weighted by molar-refractivity contribution is 0.281. The van der Waals surface area contributed by atoms with Crippen molar-refractivity contribution in [3.05, 3.63) is 59.3 Å². The Morgan fingerprint density at radius 2 is 1.42 bits per heavy atom. The average Bonchev–Trinajstić information content (AvgIpc) is 2.60. The quantitative estimate of drug-likeness (QED) is 0.807. The third-order valence-corrected chi connectivity index (χ3v) is 5.02. The van der Waals surface area contributed by atoms with E-state index < -0.39 is 0 Å². The van der Waals surface area contributed by atoms with Crippen molar-refractivity contribution < 1.29 is 9.84 Å². The molecule has 1 N–H and O–H groups in total. The van der Waals surface area contributed by atoms with Crippen LogP contribution in [0.1, 0.15) is 57.2 Å². The van der Waals surface area contributed by atoms with E-state index in [2.05, 4.69) is 50.9 Å². The Kier molecular flexibility index (Phi) is 5.66. The number of ether oxygens (including phenoxy) is 1. The number of aromatic nitrogens is 1. The second-order valence-electron chi connectivity index (χ2n) is 7.71. The molecule has 0 radical (unpaired) electrons. The van der Waals surface area contributed by atoms with Gasteiger partial charge in [0.2, 0.25) is 5.88 Å². The van der Waals surface area contributed by atoms with Gasteiger partial charge in [0.15, 0.2) is 0 Å². The third kappa shape index (κ3) is 4.35. The fourth-order valence-electron chi connectivity index (χ4n) is 2.88. The maximum absolute atomic E-state index is 9.19. The van der Waals surface area contributed by atoms with Gasteiger partial charge in [-0.05, 0) is 40.4 Å². The molecule has 0 saturated carbocycles. The van der Waals surface area contributed by atoms with E-state index in [-0.39, 0.29) is 17.4 Å². The lowest BCUT2D eigenvalue weighted by Crippen LogP contribution is -2.24. The van der Waals surface area contributed by atoms with Gasteiger partial charge in [-0.25, -0.2) is 4.98 Å². The first-order valence-corrected chi connectivity index (χ1v) is 8.49. The monoisotopic (exact) mass is 327 g/mol. The predicted octanol–water partition coefficient (Wildman–Crippen LogP) is 4.62. The standard InChI is InChI=1S/C21H29NO2/c1-20(2,17-8-6-16(15-23)7-9-17)12-13-21(3,4)18-10-11-19(24-5)22-14-18/h6-11,14,23H,12-13,15H2,1-5H3. The SMILES string of the molecule is COc1ccc(C(C)(C)CCC(C)(C)c2ccc(CO)cc2)cn1. The summed E-state index contributed by atoms with van der Waals surface area (Å²) in [4.78, 5) is 4.34. The molecule has 0 aliphatic heterocycles. The number of aliphatic hydroxyl groups is 1. The number of rotatable bonds is 7. The highest BCUT2D eigenvalue weighted by molar-refractivity contribution is 5.29.